The van der Waals surface area contributed by atoms with Crippen molar-refractivity contribution >= 4 is 16.7 Å². The van der Waals surface area contributed by atoms with E-state index in [4.69, 9.17) is 4.98 Å². The van der Waals surface area contributed by atoms with E-state index in [1.807, 2.05) is 12.4 Å². The summed E-state index contributed by atoms with van der Waals surface area (Å²) in [6.45, 7) is 4.25. The van der Waals surface area contributed by atoms with Crippen LogP contribution < -0.4 is 0 Å². The molecular weight excluding hydrogens is 346 g/mol. The summed E-state index contributed by atoms with van der Waals surface area (Å²) in [6, 6.07) is 11.6. The monoisotopic (exact) mass is 373 g/mol. The summed E-state index contributed by atoms with van der Waals surface area (Å²) < 4.78 is 4.43. The summed E-state index contributed by atoms with van der Waals surface area (Å²) in [6.07, 6.45) is 11.0. The van der Waals surface area contributed by atoms with Crippen molar-refractivity contribution in [3.8, 4) is 11.1 Å². The van der Waals surface area contributed by atoms with Gasteiger partial charge in [0.25, 0.3) is 0 Å². The number of hydrogen-bond donors (Lipinski definition) is 0. The Morgan fingerprint density at radius 3 is 2.79 bits per heavy atom. The second-order valence-electron chi connectivity index (χ2n) is 7.90. The molecule has 28 heavy (non-hydrogen) atoms. The molecule has 0 atom stereocenters. The fourth-order valence-corrected chi connectivity index (χ4v) is 4.28. The van der Waals surface area contributed by atoms with Crippen LogP contribution in [-0.4, -0.2) is 43.5 Å². The third-order valence-corrected chi connectivity index (χ3v) is 6.25. The number of benzene rings is 1. The number of aryl methyl sites for hydroxylation is 1. The largest absolute Gasteiger partial charge is 0.328 e. The van der Waals surface area contributed by atoms with Crippen LogP contribution in [0.3, 0.4) is 0 Å². The third kappa shape index (κ3) is 3.00. The van der Waals surface area contributed by atoms with Crippen molar-refractivity contribution in [1.82, 2.24) is 23.8 Å². The smallest absolute Gasteiger partial charge is 0.136 e. The molecule has 4 aromatic rings. The zero-order valence-corrected chi connectivity index (χ0v) is 16.7. The molecule has 1 aliphatic rings. The lowest BCUT2D eigenvalue weighted by atomic mass is 9.92. The minimum atomic E-state index is 0.782. The number of nitrogens with zero attached hydrogens (tertiary/aromatic N) is 5. The van der Waals surface area contributed by atoms with Gasteiger partial charge in [-0.25, -0.2) is 9.97 Å². The summed E-state index contributed by atoms with van der Waals surface area (Å²) in [4.78, 5) is 11.9. The normalized spacial score (nSPS) is 15.0. The highest BCUT2D eigenvalue weighted by molar-refractivity contribution is 5.82. The molecule has 5 nitrogen and oxygen atoms in total. The van der Waals surface area contributed by atoms with E-state index in [0.717, 1.165) is 36.7 Å². The molecule has 0 amide bonds. The van der Waals surface area contributed by atoms with Crippen molar-refractivity contribution in [2.75, 3.05) is 13.6 Å². The van der Waals surface area contributed by atoms with Crippen molar-refractivity contribution in [2.45, 2.75) is 45.2 Å². The highest BCUT2D eigenvalue weighted by Gasteiger charge is 2.22. The van der Waals surface area contributed by atoms with Crippen LogP contribution >= 0.6 is 0 Å². The van der Waals surface area contributed by atoms with E-state index in [2.05, 4.69) is 69.4 Å². The second-order valence-corrected chi connectivity index (χ2v) is 7.90. The fraction of sp³-hybridized carbons (Fsp3) is 0.391. The Kier molecular flexibility index (Phi) is 4.40. The van der Waals surface area contributed by atoms with Crippen molar-refractivity contribution in [2.24, 2.45) is 0 Å². The first-order chi connectivity index (χ1) is 13.7. The second kappa shape index (κ2) is 7.06. The summed E-state index contributed by atoms with van der Waals surface area (Å²) in [7, 11) is 2.26. The maximum absolute atomic E-state index is 5.01. The van der Waals surface area contributed by atoms with Crippen molar-refractivity contribution < 1.29 is 0 Å². The maximum atomic E-state index is 5.01. The van der Waals surface area contributed by atoms with Gasteiger partial charge in [0.2, 0.25) is 0 Å². The van der Waals surface area contributed by atoms with E-state index in [0.29, 0.717) is 0 Å². The molecule has 5 heteroatoms. The van der Waals surface area contributed by atoms with Crippen LogP contribution in [0.1, 0.15) is 32.0 Å². The van der Waals surface area contributed by atoms with Crippen LogP contribution in [0, 0.1) is 0 Å². The number of rotatable bonds is 6. The number of pyridine rings is 1. The molecule has 0 aliphatic heterocycles. The van der Waals surface area contributed by atoms with Crippen LogP contribution in [0.25, 0.3) is 27.8 Å². The third-order valence-electron chi connectivity index (χ3n) is 6.25. The maximum Gasteiger partial charge on any atom is 0.136 e. The van der Waals surface area contributed by atoms with Crippen LogP contribution in [0.2, 0.25) is 0 Å². The summed E-state index contributed by atoms with van der Waals surface area (Å²) >= 11 is 0. The molecule has 1 aromatic carbocycles. The van der Waals surface area contributed by atoms with Crippen molar-refractivity contribution in [3.05, 3.63) is 54.7 Å². The van der Waals surface area contributed by atoms with Gasteiger partial charge in [0.05, 0.1) is 11.0 Å². The summed E-state index contributed by atoms with van der Waals surface area (Å²) in [5, 5.41) is 0. The number of likely N-dealkylation sites (N-methyl/N-ethyl adjacent to an activating group) is 1. The lowest BCUT2D eigenvalue weighted by molar-refractivity contribution is 0.160. The molecular formula is C23H27N5. The Labute approximate surface area is 165 Å². The Morgan fingerprint density at radius 2 is 2.00 bits per heavy atom. The van der Waals surface area contributed by atoms with Crippen molar-refractivity contribution in [3.63, 3.8) is 0 Å². The van der Waals surface area contributed by atoms with Gasteiger partial charge in [-0.3, -0.25) is 0 Å². The molecule has 0 radical (unpaired) electrons. The molecule has 1 aliphatic carbocycles. The predicted molar refractivity (Wildman–Crippen MR) is 114 cm³/mol. The molecule has 0 saturated heterocycles. The highest BCUT2D eigenvalue weighted by atomic mass is 15.1. The quantitative estimate of drug-likeness (QED) is 0.503. The zero-order valence-electron chi connectivity index (χ0n) is 16.7. The van der Waals surface area contributed by atoms with Gasteiger partial charge in [0, 0.05) is 44.1 Å². The van der Waals surface area contributed by atoms with E-state index >= 15 is 0 Å². The van der Waals surface area contributed by atoms with E-state index in [1.165, 1.54) is 41.7 Å². The zero-order chi connectivity index (χ0) is 19.1. The van der Waals surface area contributed by atoms with Gasteiger partial charge in [-0.1, -0.05) is 12.5 Å². The van der Waals surface area contributed by atoms with Crippen LogP contribution in [0.4, 0.5) is 0 Å². The molecule has 1 fully saturated rings. The van der Waals surface area contributed by atoms with E-state index < -0.39 is 0 Å². The topological polar surface area (TPSA) is 38.4 Å². The molecule has 5 rings (SSSR count). The summed E-state index contributed by atoms with van der Waals surface area (Å²) in [5.41, 5.74) is 5.67. The first-order valence-electron chi connectivity index (χ1n) is 10.4. The van der Waals surface area contributed by atoms with Crippen LogP contribution in [0.5, 0.6) is 0 Å². The van der Waals surface area contributed by atoms with Gasteiger partial charge in [-0.05, 0) is 62.2 Å². The molecule has 3 aromatic heterocycles. The molecule has 0 bridgehead atoms. The predicted octanol–water partition coefficient (Wildman–Crippen LogP) is 4.40. The lowest BCUT2D eigenvalue weighted by Crippen LogP contribution is -2.38. The van der Waals surface area contributed by atoms with E-state index in [1.54, 1.807) is 0 Å². The average molecular weight is 374 g/mol. The summed E-state index contributed by atoms with van der Waals surface area (Å²) in [5.74, 6) is 1.20. The minimum absolute atomic E-state index is 0.782. The average Bonchev–Trinajstić information content (AvgIpc) is 3.27. The Hall–Kier alpha value is -2.66. The van der Waals surface area contributed by atoms with Crippen LogP contribution in [-0.2, 0) is 13.0 Å². The molecule has 0 spiro atoms. The van der Waals surface area contributed by atoms with E-state index in [9.17, 15) is 0 Å². The Bertz CT molecular complexity index is 1120. The highest BCUT2D eigenvalue weighted by Crippen LogP contribution is 2.27. The molecule has 144 valence electrons. The van der Waals surface area contributed by atoms with Gasteiger partial charge >= 0.3 is 0 Å². The van der Waals surface area contributed by atoms with Gasteiger partial charge in [-0.15, -0.1) is 0 Å². The number of hydrogen-bond acceptors (Lipinski definition) is 3. The lowest BCUT2D eigenvalue weighted by Gasteiger charge is -2.34. The Balaban J connectivity index is 1.45. The molecule has 1 saturated carbocycles. The van der Waals surface area contributed by atoms with Crippen molar-refractivity contribution in [1.29, 1.82) is 0 Å². The van der Waals surface area contributed by atoms with Gasteiger partial charge in [0.1, 0.15) is 11.5 Å². The SMILES string of the molecule is CCn1c(CCN(C)C2CCC2)nc2cc(-c3ccc4nccn4c3)ccc21. The number of imidazole rings is 2. The molecule has 0 unspecified atom stereocenters. The van der Waals surface area contributed by atoms with Gasteiger partial charge in [0.15, 0.2) is 0 Å². The van der Waals surface area contributed by atoms with Crippen LogP contribution in [0.15, 0.2) is 48.9 Å². The van der Waals surface area contributed by atoms with Gasteiger partial charge in [-0.2, -0.15) is 0 Å². The first-order valence-corrected chi connectivity index (χ1v) is 10.4. The Morgan fingerprint density at radius 1 is 1.14 bits per heavy atom. The standard InChI is InChI=1S/C23H27N5/c1-3-28-21-9-7-17(18-8-10-22-24-12-14-27(22)16-18)15-20(21)25-23(28)11-13-26(2)19-5-4-6-19/h7-10,12,14-16,19H,3-6,11,13H2,1-2H3. The first kappa shape index (κ1) is 17.4. The van der Waals surface area contributed by atoms with E-state index in [-0.39, 0.29) is 0 Å². The molecule has 0 N–H and O–H groups in total. The number of fused-ring (bicyclic) bond motifs is 2. The minimum Gasteiger partial charge on any atom is -0.328 e. The molecule has 3 heterocycles. The fourth-order valence-electron chi connectivity index (χ4n) is 4.28. The number of aromatic nitrogens is 4. The van der Waals surface area contributed by atoms with Gasteiger partial charge < -0.3 is 13.9 Å².